The predicted octanol–water partition coefficient (Wildman–Crippen LogP) is 0.810. The van der Waals surface area contributed by atoms with E-state index in [1.165, 1.54) is 0 Å². The lowest BCUT2D eigenvalue weighted by atomic mass is 9.88. The summed E-state index contributed by atoms with van der Waals surface area (Å²) in [7, 11) is 0. The van der Waals surface area contributed by atoms with Crippen LogP contribution in [-0.4, -0.2) is 23.6 Å². The highest BCUT2D eigenvalue weighted by Crippen LogP contribution is 2.59. The monoisotopic (exact) mass is 208 g/mol. The zero-order chi connectivity index (χ0) is 10.6. The first kappa shape index (κ1) is 8.95. The Morgan fingerprint density at radius 3 is 3.00 bits per heavy atom. The first-order chi connectivity index (χ1) is 7.13. The molecule has 0 aromatic carbocycles. The molecule has 1 heterocycles. The number of ether oxygens (including phenoxy) is 2. The van der Waals surface area contributed by atoms with Gasteiger partial charge in [-0.1, -0.05) is 6.58 Å². The van der Waals surface area contributed by atoms with E-state index in [1.54, 1.807) is 0 Å². The van der Waals surface area contributed by atoms with Gasteiger partial charge in [-0.15, -0.1) is 0 Å². The molecule has 3 aliphatic rings. The molecule has 0 aromatic heterocycles. The van der Waals surface area contributed by atoms with Gasteiger partial charge in [0.2, 0.25) is 0 Å². The summed E-state index contributed by atoms with van der Waals surface area (Å²) in [6.45, 7) is 3.36. The maximum atomic E-state index is 11.4. The van der Waals surface area contributed by atoms with Crippen LogP contribution in [0.15, 0.2) is 12.7 Å². The van der Waals surface area contributed by atoms with Crippen molar-refractivity contribution in [1.82, 2.24) is 0 Å². The molecular weight excluding hydrogens is 196 g/mol. The molecule has 1 spiro atoms. The fourth-order valence-corrected chi connectivity index (χ4v) is 3.28. The van der Waals surface area contributed by atoms with Crippen molar-refractivity contribution in [3.8, 4) is 0 Å². The van der Waals surface area contributed by atoms with E-state index in [2.05, 4.69) is 6.58 Å². The highest BCUT2D eigenvalue weighted by Gasteiger charge is 2.66. The summed E-state index contributed by atoms with van der Waals surface area (Å²) in [5, 5.41) is 0. The third-order valence-corrected chi connectivity index (χ3v) is 3.82. The van der Waals surface area contributed by atoms with Gasteiger partial charge in [0.05, 0.1) is 5.92 Å². The second-order valence-electron chi connectivity index (χ2n) is 4.67. The molecule has 0 aromatic rings. The van der Waals surface area contributed by atoms with Crippen molar-refractivity contribution in [2.24, 2.45) is 11.8 Å². The van der Waals surface area contributed by atoms with Crippen LogP contribution in [0.3, 0.4) is 0 Å². The highest BCUT2D eigenvalue weighted by atomic mass is 16.6. The number of esters is 2. The zero-order valence-electron chi connectivity index (χ0n) is 8.27. The van der Waals surface area contributed by atoms with E-state index in [1.807, 2.05) is 0 Å². The first-order valence-electron chi connectivity index (χ1n) is 5.19. The number of carbonyl (C=O) groups excluding carboxylic acids is 2. The zero-order valence-corrected chi connectivity index (χ0v) is 8.27. The number of fused-ring (bicyclic) bond motifs is 3. The van der Waals surface area contributed by atoms with Gasteiger partial charge in [0.1, 0.15) is 11.7 Å². The molecule has 3 rings (SSSR count). The molecule has 4 atom stereocenters. The topological polar surface area (TPSA) is 52.6 Å². The molecule has 0 radical (unpaired) electrons. The minimum atomic E-state index is -0.407. The number of hydrogen-bond donors (Lipinski definition) is 0. The minimum Gasteiger partial charge on any atom is -0.459 e. The Morgan fingerprint density at radius 1 is 1.53 bits per heavy atom. The Labute approximate surface area is 87.2 Å². The number of rotatable bonds is 2. The molecule has 4 heteroatoms. The molecule has 1 saturated heterocycles. The SMILES string of the molecule is C=CC(=O)OC1CC23CC(C(=O)O2)C1C3. The minimum absolute atomic E-state index is 0.0404. The van der Waals surface area contributed by atoms with Crippen LogP contribution in [0.4, 0.5) is 0 Å². The van der Waals surface area contributed by atoms with Crippen molar-refractivity contribution in [3.63, 3.8) is 0 Å². The first-order valence-corrected chi connectivity index (χ1v) is 5.19. The summed E-state index contributed by atoms with van der Waals surface area (Å²) in [5.74, 6) is -0.379. The Balaban J connectivity index is 1.79. The molecule has 15 heavy (non-hydrogen) atoms. The fourth-order valence-electron chi connectivity index (χ4n) is 3.28. The molecule has 2 saturated carbocycles. The van der Waals surface area contributed by atoms with Crippen molar-refractivity contribution in [3.05, 3.63) is 12.7 Å². The Hall–Kier alpha value is -1.32. The lowest BCUT2D eigenvalue weighted by Gasteiger charge is -2.23. The Kier molecular flexibility index (Phi) is 1.56. The van der Waals surface area contributed by atoms with E-state index in [0.717, 1.165) is 18.9 Å². The molecule has 1 aliphatic heterocycles. The van der Waals surface area contributed by atoms with Crippen LogP contribution in [0.2, 0.25) is 0 Å². The van der Waals surface area contributed by atoms with Crippen LogP contribution >= 0.6 is 0 Å². The molecule has 0 amide bonds. The van der Waals surface area contributed by atoms with E-state index in [4.69, 9.17) is 9.47 Å². The van der Waals surface area contributed by atoms with E-state index in [0.29, 0.717) is 6.42 Å². The second-order valence-corrected chi connectivity index (χ2v) is 4.67. The third kappa shape index (κ3) is 1.07. The van der Waals surface area contributed by atoms with Gasteiger partial charge in [-0.2, -0.15) is 0 Å². The molecule has 80 valence electrons. The van der Waals surface area contributed by atoms with Gasteiger partial charge in [-0.3, -0.25) is 4.79 Å². The Bertz CT molecular complexity index is 362. The van der Waals surface area contributed by atoms with Crippen molar-refractivity contribution < 1.29 is 19.1 Å². The fraction of sp³-hybridized carbons (Fsp3) is 0.636. The quantitative estimate of drug-likeness (QED) is 0.497. The van der Waals surface area contributed by atoms with Crippen LogP contribution in [-0.2, 0) is 19.1 Å². The third-order valence-electron chi connectivity index (χ3n) is 3.82. The van der Waals surface area contributed by atoms with Gasteiger partial charge >= 0.3 is 11.9 Å². The maximum absolute atomic E-state index is 11.4. The molecule has 3 bridgehead atoms. The summed E-state index contributed by atoms with van der Waals surface area (Å²) in [4.78, 5) is 22.5. The normalized spacial score (nSPS) is 45.3. The van der Waals surface area contributed by atoms with Gasteiger partial charge < -0.3 is 9.47 Å². The summed E-state index contributed by atoms with van der Waals surface area (Å²) in [6.07, 6.45) is 3.35. The van der Waals surface area contributed by atoms with Crippen molar-refractivity contribution in [2.45, 2.75) is 31.0 Å². The molecular formula is C11H12O4. The summed E-state index contributed by atoms with van der Waals surface area (Å²) in [6, 6.07) is 0. The summed E-state index contributed by atoms with van der Waals surface area (Å²) in [5.41, 5.74) is -0.307. The van der Waals surface area contributed by atoms with Crippen molar-refractivity contribution in [2.75, 3.05) is 0 Å². The van der Waals surface area contributed by atoms with Crippen LogP contribution in [0.1, 0.15) is 19.3 Å². The smallest absolute Gasteiger partial charge is 0.330 e. The number of hydrogen-bond acceptors (Lipinski definition) is 4. The van der Waals surface area contributed by atoms with E-state index < -0.39 is 5.97 Å². The Morgan fingerprint density at radius 2 is 2.33 bits per heavy atom. The van der Waals surface area contributed by atoms with E-state index in [-0.39, 0.29) is 29.5 Å². The molecule has 4 nitrogen and oxygen atoms in total. The summed E-state index contributed by atoms with van der Waals surface area (Å²) < 4.78 is 10.6. The molecule has 2 aliphatic carbocycles. The summed E-state index contributed by atoms with van der Waals surface area (Å²) >= 11 is 0. The number of carbonyl (C=O) groups is 2. The molecule has 3 fully saturated rings. The molecule has 4 unspecified atom stereocenters. The average Bonchev–Trinajstić information content (AvgIpc) is 2.78. The van der Waals surface area contributed by atoms with Gasteiger partial charge in [-0.05, 0) is 6.42 Å². The largest absolute Gasteiger partial charge is 0.459 e. The maximum Gasteiger partial charge on any atom is 0.330 e. The van der Waals surface area contributed by atoms with Gasteiger partial charge in [-0.25, -0.2) is 4.79 Å². The van der Waals surface area contributed by atoms with Crippen LogP contribution in [0, 0.1) is 11.8 Å². The second kappa shape index (κ2) is 2.62. The van der Waals surface area contributed by atoms with Crippen LogP contribution < -0.4 is 0 Å². The molecule has 0 N–H and O–H groups in total. The van der Waals surface area contributed by atoms with E-state index >= 15 is 0 Å². The van der Waals surface area contributed by atoms with Crippen molar-refractivity contribution >= 4 is 11.9 Å². The predicted molar refractivity (Wildman–Crippen MR) is 49.7 cm³/mol. The van der Waals surface area contributed by atoms with Crippen molar-refractivity contribution in [1.29, 1.82) is 0 Å². The van der Waals surface area contributed by atoms with Gasteiger partial charge in [0.25, 0.3) is 0 Å². The highest BCUT2D eigenvalue weighted by molar-refractivity contribution is 5.82. The lowest BCUT2D eigenvalue weighted by molar-refractivity contribution is -0.155. The average molecular weight is 208 g/mol. The van der Waals surface area contributed by atoms with Gasteiger partial charge in [0, 0.05) is 24.8 Å². The van der Waals surface area contributed by atoms with Crippen LogP contribution in [0.25, 0.3) is 0 Å². The van der Waals surface area contributed by atoms with Crippen LogP contribution in [0.5, 0.6) is 0 Å². The lowest BCUT2D eigenvalue weighted by Crippen LogP contribution is -2.30. The van der Waals surface area contributed by atoms with Gasteiger partial charge in [0.15, 0.2) is 0 Å². The standard InChI is InChI=1S/C11H12O4/c1-2-9(12)14-8-5-11-3-6(8)7(4-11)10(13)15-11/h2,6-8H,1,3-5H2. The van der Waals surface area contributed by atoms with E-state index in [9.17, 15) is 9.59 Å².